The van der Waals surface area contributed by atoms with E-state index in [0.717, 1.165) is 25.3 Å². The number of esters is 1. The van der Waals surface area contributed by atoms with Gasteiger partial charge in [-0.2, -0.15) is 5.10 Å². The molecule has 1 aromatic heterocycles. The number of piperazine rings is 1. The Hall–Kier alpha value is -2.58. The van der Waals surface area contributed by atoms with Crippen LogP contribution in [0.25, 0.3) is 0 Å². The van der Waals surface area contributed by atoms with E-state index in [1.165, 1.54) is 4.90 Å². The number of anilines is 1. The summed E-state index contributed by atoms with van der Waals surface area (Å²) in [5, 5.41) is 7.45. The quantitative estimate of drug-likeness (QED) is 0.581. The van der Waals surface area contributed by atoms with Gasteiger partial charge >= 0.3 is 11.9 Å². The van der Waals surface area contributed by atoms with Crippen LogP contribution in [-0.2, 0) is 20.9 Å². The van der Waals surface area contributed by atoms with Crippen molar-refractivity contribution in [2.45, 2.75) is 19.9 Å². The standard InChI is InChI=1S/C15H21N5O4/c1-2-24-15(23)14(22)19-8-6-18(7-9-19)13(21)11-10-17-20-5-3-4-16-12(11)20/h10,16H,2-9H2,1H3. The Bertz CT molecular complexity index is 648. The number of rotatable bonds is 2. The largest absolute Gasteiger partial charge is 0.459 e. The van der Waals surface area contributed by atoms with Crippen molar-refractivity contribution in [3.05, 3.63) is 11.8 Å². The summed E-state index contributed by atoms with van der Waals surface area (Å²) in [6.07, 6.45) is 2.57. The van der Waals surface area contributed by atoms with Crippen LogP contribution in [0.15, 0.2) is 6.20 Å². The molecule has 2 aliphatic heterocycles. The topological polar surface area (TPSA) is 96.8 Å². The predicted molar refractivity (Wildman–Crippen MR) is 84.5 cm³/mol. The van der Waals surface area contributed by atoms with E-state index in [-0.39, 0.29) is 12.5 Å². The molecule has 0 spiro atoms. The van der Waals surface area contributed by atoms with Gasteiger partial charge in [0.25, 0.3) is 5.91 Å². The fourth-order valence-electron chi connectivity index (χ4n) is 2.94. The highest BCUT2D eigenvalue weighted by atomic mass is 16.5. The van der Waals surface area contributed by atoms with Crippen molar-refractivity contribution in [1.29, 1.82) is 0 Å². The fourth-order valence-corrected chi connectivity index (χ4v) is 2.94. The van der Waals surface area contributed by atoms with Crippen molar-refractivity contribution in [3.8, 4) is 0 Å². The van der Waals surface area contributed by atoms with Crippen LogP contribution in [0.3, 0.4) is 0 Å². The number of nitrogens with zero attached hydrogens (tertiary/aromatic N) is 4. The molecule has 1 fully saturated rings. The minimum absolute atomic E-state index is 0.103. The third-order valence-electron chi connectivity index (χ3n) is 4.21. The van der Waals surface area contributed by atoms with Crippen LogP contribution in [0.2, 0.25) is 0 Å². The molecule has 9 heteroatoms. The molecule has 0 saturated carbocycles. The number of aromatic nitrogens is 2. The minimum atomic E-state index is -0.841. The van der Waals surface area contributed by atoms with Gasteiger partial charge in [-0.3, -0.25) is 9.59 Å². The van der Waals surface area contributed by atoms with E-state index in [1.54, 1.807) is 22.7 Å². The Balaban J connectivity index is 1.60. The van der Waals surface area contributed by atoms with Crippen molar-refractivity contribution in [2.75, 3.05) is 44.6 Å². The molecule has 0 unspecified atom stereocenters. The first-order chi connectivity index (χ1) is 11.6. The van der Waals surface area contributed by atoms with Crippen LogP contribution in [0, 0.1) is 0 Å². The van der Waals surface area contributed by atoms with Gasteiger partial charge in [0.05, 0.1) is 12.8 Å². The molecule has 0 aliphatic carbocycles. The Morgan fingerprint density at radius 3 is 2.58 bits per heavy atom. The number of aryl methyl sites for hydroxylation is 1. The third-order valence-corrected chi connectivity index (χ3v) is 4.21. The zero-order valence-corrected chi connectivity index (χ0v) is 13.7. The molecular weight excluding hydrogens is 314 g/mol. The van der Waals surface area contributed by atoms with Gasteiger partial charge in [0.2, 0.25) is 0 Å². The number of amides is 2. The average Bonchev–Trinajstić information content (AvgIpc) is 3.05. The number of hydrogen-bond acceptors (Lipinski definition) is 6. The molecule has 3 rings (SSSR count). The second-order valence-electron chi connectivity index (χ2n) is 5.72. The molecular formula is C15H21N5O4. The van der Waals surface area contributed by atoms with E-state index in [9.17, 15) is 14.4 Å². The number of ether oxygens (including phenoxy) is 1. The Labute approximate surface area is 139 Å². The predicted octanol–water partition coefficient (Wildman–Crippen LogP) is -0.454. The highest BCUT2D eigenvalue weighted by Gasteiger charge is 2.31. The van der Waals surface area contributed by atoms with Crippen LogP contribution >= 0.6 is 0 Å². The molecule has 1 saturated heterocycles. The smallest absolute Gasteiger partial charge is 0.397 e. The van der Waals surface area contributed by atoms with Crippen molar-refractivity contribution < 1.29 is 19.1 Å². The van der Waals surface area contributed by atoms with Crippen LogP contribution in [0.1, 0.15) is 23.7 Å². The summed E-state index contributed by atoms with van der Waals surface area (Å²) in [6.45, 7) is 4.86. The lowest BCUT2D eigenvalue weighted by Crippen LogP contribution is -2.52. The molecule has 1 aromatic rings. The van der Waals surface area contributed by atoms with E-state index in [0.29, 0.717) is 31.7 Å². The molecule has 0 atom stereocenters. The zero-order valence-electron chi connectivity index (χ0n) is 13.7. The van der Waals surface area contributed by atoms with Gasteiger partial charge in [0.15, 0.2) is 0 Å². The first-order valence-corrected chi connectivity index (χ1v) is 8.16. The van der Waals surface area contributed by atoms with Crippen LogP contribution in [0.5, 0.6) is 0 Å². The fraction of sp³-hybridized carbons (Fsp3) is 0.600. The van der Waals surface area contributed by atoms with Crippen LogP contribution < -0.4 is 5.32 Å². The summed E-state index contributed by atoms with van der Waals surface area (Å²) < 4.78 is 6.53. The Morgan fingerprint density at radius 2 is 1.88 bits per heavy atom. The maximum absolute atomic E-state index is 12.7. The van der Waals surface area contributed by atoms with Crippen molar-refractivity contribution in [3.63, 3.8) is 0 Å². The number of carbonyl (C=O) groups excluding carboxylic acids is 3. The lowest BCUT2D eigenvalue weighted by molar-refractivity contribution is -0.160. The van der Waals surface area contributed by atoms with Gasteiger partial charge in [0, 0.05) is 39.3 Å². The van der Waals surface area contributed by atoms with Crippen LogP contribution in [-0.4, -0.2) is 76.7 Å². The normalized spacial score (nSPS) is 17.0. The summed E-state index contributed by atoms with van der Waals surface area (Å²) in [7, 11) is 0. The van der Waals surface area contributed by atoms with Gasteiger partial charge in [-0.25, -0.2) is 9.48 Å². The summed E-state index contributed by atoms with van der Waals surface area (Å²) in [6, 6.07) is 0. The monoisotopic (exact) mass is 335 g/mol. The lowest BCUT2D eigenvalue weighted by atomic mass is 10.2. The average molecular weight is 335 g/mol. The summed E-state index contributed by atoms with van der Waals surface area (Å²) >= 11 is 0. The number of hydrogen-bond donors (Lipinski definition) is 1. The Kier molecular flexibility index (Phi) is 4.68. The third kappa shape index (κ3) is 3.06. The van der Waals surface area contributed by atoms with Gasteiger partial charge in [-0.15, -0.1) is 0 Å². The molecule has 24 heavy (non-hydrogen) atoms. The van der Waals surface area contributed by atoms with E-state index in [4.69, 9.17) is 4.74 Å². The van der Waals surface area contributed by atoms with Gasteiger partial charge in [-0.05, 0) is 13.3 Å². The molecule has 130 valence electrons. The molecule has 9 nitrogen and oxygen atoms in total. The van der Waals surface area contributed by atoms with Gasteiger partial charge in [-0.1, -0.05) is 0 Å². The molecule has 2 amide bonds. The SMILES string of the molecule is CCOC(=O)C(=O)N1CCN(C(=O)c2cnn3c2NCCC3)CC1. The van der Waals surface area contributed by atoms with Crippen molar-refractivity contribution in [2.24, 2.45) is 0 Å². The highest BCUT2D eigenvalue weighted by Crippen LogP contribution is 2.21. The summed E-state index contributed by atoms with van der Waals surface area (Å²) in [4.78, 5) is 39.2. The van der Waals surface area contributed by atoms with E-state index >= 15 is 0 Å². The first kappa shape index (κ1) is 16.3. The van der Waals surface area contributed by atoms with E-state index < -0.39 is 11.9 Å². The van der Waals surface area contributed by atoms with E-state index in [2.05, 4.69) is 10.4 Å². The second kappa shape index (κ2) is 6.90. The number of nitrogens with one attached hydrogen (secondary N) is 1. The molecule has 0 bridgehead atoms. The van der Waals surface area contributed by atoms with Crippen molar-refractivity contribution >= 4 is 23.6 Å². The zero-order chi connectivity index (χ0) is 17.1. The first-order valence-electron chi connectivity index (χ1n) is 8.16. The second-order valence-corrected chi connectivity index (χ2v) is 5.72. The maximum Gasteiger partial charge on any atom is 0.397 e. The van der Waals surface area contributed by atoms with Gasteiger partial charge in [0.1, 0.15) is 11.4 Å². The summed E-state index contributed by atoms with van der Waals surface area (Å²) in [5.41, 5.74) is 0.555. The summed E-state index contributed by atoms with van der Waals surface area (Å²) in [5.74, 6) is -0.828. The van der Waals surface area contributed by atoms with Gasteiger partial charge < -0.3 is 19.9 Å². The number of fused-ring (bicyclic) bond motifs is 1. The lowest BCUT2D eigenvalue weighted by Gasteiger charge is -2.34. The molecule has 2 aliphatic rings. The van der Waals surface area contributed by atoms with E-state index in [1.807, 2.05) is 0 Å². The Morgan fingerprint density at radius 1 is 1.17 bits per heavy atom. The molecule has 0 radical (unpaired) electrons. The molecule has 3 heterocycles. The van der Waals surface area contributed by atoms with Crippen LogP contribution in [0.4, 0.5) is 5.82 Å². The molecule has 0 aromatic carbocycles. The number of carbonyl (C=O) groups is 3. The highest BCUT2D eigenvalue weighted by molar-refractivity contribution is 6.32. The molecule has 1 N–H and O–H groups in total. The van der Waals surface area contributed by atoms with Crippen molar-refractivity contribution in [1.82, 2.24) is 19.6 Å². The minimum Gasteiger partial charge on any atom is -0.459 e. The maximum atomic E-state index is 12.7.